The van der Waals surface area contributed by atoms with Crippen molar-refractivity contribution in [1.82, 2.24) is 14.1 Å². The number of ether oxygens (including phenoxy) is 1. The van der Waals surface area contributed by atoms with Crippen LogP contribution in [0.25, 0.3) is 10.8 Å². The van der Waals surface area contributed by atoms with Gasteiger partial charge in [-0.25, -0.2) is 8.42 Å². The van der Waals surface area contributed by atoms with Crippen LogP contribution in [0.4, 0.5) is 13.2 Å². The van der Waals surface area contributed by atoms with Crippen LogP contribution in [0.5, 0.6) is 5.75 Å². The second-order valence-corrected chi connectivity index (χ2v) is 14.3. The van der Waals surface area contributed by atoms with Crippen LogP contribution in [-0.4, -0.2) is 79.3 Å². The largest absolute Gasteiger partial charge is 0.490 e. The van der Waals surface area contributed by atoms with E-state index >= 15 is 0 Å². The molecular weight excluding hydrogens is 605 g/mol. The zero-order chi connectivity index (χ0) is 31.8. The van der Waals surface area contributed by atoms with Crippen molar-refractivity contribution >= 4 is 26.7 Å². The molecule has 8 nitrogen and oxygen atoms in total. The van der Waals surface area contributed by atoms with Crippen molar-refractivity contribution in [3.05, 3.63) is 71.8 Å². The number of alkyl halides is 3. The Labute approximate surface area is 262 Å². The van der Waals surface area contributed by atoms with Gasteiger partial charge in [0, 0.05) is 45.3 Å². The average molecular weight is 645 g/mol. The first-order valence-corrected chi connectivity index (χ1v) is 17.1. The number of sulfonamides is 1. The molecule has 1 amide bonds. The molecule has 2 aliphatic heterocycles. The van der Waals surface area contributed by atoms with E-state index in [1.165, 1.54) is 16.4 Å². The van der Waals surface area contributed by atoms with Gasteiger partial charge in [0.15, 0.2) is 0 Å². The fourth-order valence-electron chi connectivity index (χ4n) is 6.61. The standard InChI is InChI=1S/C33H39F3N4O4S/c34-33(35,36)26-9-5-23(6-10-26)21-38-17-18-40(31(22-38)32(41)39-15-13-27(37)14-16-39)45(42,43)30-12-8-24-19-29(11-7-25(24)20-30)44-28-3-1-2-4-28/h5-12,19-20,27-28,31H,1-4,13-18,21-22,37H2. The molecule has 2 heterocycles. The first-order valence-electron chi connectivity index (χ1n) is 15.6. The van der Waals surface area contributed by atoms with E-state index in [0.29, 0.717) is 44.6 Å². The van der Waals surface area contributed by atoms with Crippen LogP contribution < -0.4 is 10.5 Å². The van der Waals surface area contributed by atoms with E-state index in [-0.39, 0.29) is 36.0 Å². The smallest absolute Gasteiger partial charge is 0.416 e. The molecule has 1 aliphatic carbocycles. The Hall–Kier alpha value is -3.19. The van der Waals surface area contributed by atoms with E-state index in [0.717, 1.165) is 54.3 Å². The quantitative estimate of drug-likeness (QED) is 0.389. The second kappa shape index (κ2) is 12.9. The predicted octanol–water partition coefficient (Wildman–Crippen LogP) is 5.00. The maximum atomic E-state index is 14.2. The highest BCUT2D eigenvalue weighted by Crippen LogP contribution is 2.32. The number of nitrogens with two attached hydrogens (primary N) is 1. The van der Waals surface area contributed by atoms with Crippen molar-refractivity contribution in [3.8, 4) is 5.75 Å². The van der Waals surface area contributed by atoms with Gasteiger partial charge in [-0.1, -0.05) is 24.3 Å². The summed E-state index contributed by atoms with van der Waals surface area (Å²) in [5, 5.41) is 1.62. The van der Waals surface area contributed by atoms with Crippen LogP contribution in [0.3, 0.4) is 0 Å². The molecule has 1 saturated carbocycles. The number of hydrogen-bond acceptors (Lipinski definition) is 6. The Morgan fingerprint density at radius 2 is 1.53 bits per heavy atom. The summed E-state index contributed by atoms with van der Waals surface area (Å²) in [7, 11) is -4.07. The number of rotatable bonds is 7. The lowest BCUT2D eigenvalue weighted by atomic mass is 10.0. The Kier molecular flexibility index (Phi) is 9.11. The van der Waals surface area contributed by atoms with E-state index in [1.807, 2.05) is 23.1 Å². The third-order valence-electron chi connectivity index (χ3n) is 9.23. The minimum atomic E-state index is -4.43. The number of benzene rings is 3. The minimum Gasteiger partial charge on any atom is -0.490 e. The number of fused-ring (bicyclic) bond motifs is 1. The van der Waals surface area contributed by atoms with Crippen LogP contribution in [0.15, 0.2) is 65.6 Å². The van der Waals surface area contributed by atoms with Crippen LogP contribution in [0.2, 0.25) is 0 Å². The maximum Gasteiger partial charge on any atom is 0.416 e. The molecule has 0 aromatic heterocycles. The molecule has 242 valence electrons. The highest BCUT2D eigenvalue weighted by Gasteiger charge is 2.42. The summed E-state index contributed by atoms with van der Waals surface area (Å²) in [6, 6.07) is 14.6. The van der Waals surface area contributed by atoms with Gasteiger partial charge < -0.3 is 15.4 Å². The first kappa shape index (κ1) is 31.8. The minimum absolute atomic E-state index is 0.00177. The first-order chi connectivity index (χ1) is 21.5. The number of likely N-dealkylation sites (tertiary alicyclic amines) is 1. The van der Waals surface area contributed by atoms with E-state index < -0.39 is 27.8 Å². The zero-order valence-corrected chi connectivity index (χ0v) is 25.9. The number of carbonyl (C=O) groups excluding carboxylic acids is 1. The van der Waals surface area contributed by atoms with Crippen LogP contribution in [-0.2, 0) is 27.5 Å². The lowest BCUT2D eigenvalue weighted by Crippen LogP contribution is -2.61. The van der Waals surface area contributed by atoms with Crippen molar-refractivity contribution in [2.45, 2.75) is 74.3 Å². The van der Waals surface area contributed by atoms with Gasteiger partial charge in [-0.2, -0.15) is 17.5 Å². The van der Waals surface area contributed by atoms with Crippen molar-refractivity contribution in [1.29, 1.82) is 0 Å². The van der Waals surface area contributed by atoms with E-state index in [4.69, 9.17) is 10.5 Å². The summed E-state index contributed by atoms with van der Waals surface area (Å²) in [4.78, 5) is 17.6. The molecule has 0 bridgehead atoms. The molecule has 1 atom stereocenters. The molecule has 0 spiro atoms. The van der Waals surface area contributed by atoms with Gasteiger partial charge in [0.1, 0.15) is 11.8 Å². The van der Waals surface area contributed by atoms with Crippen LogP contribution in [0.1, 0.15) is 49.7 Å². The monoisotopic (exact) mass is 644 g/mol. The molecule has 3 aliphatic rings. The highest BCUT2D eigenvalue weighted by atomic mass is 32.2. The molecule has 0 radical (unpaired) electrons. The summed E-state index contributed by atoms with van der Waals surface area (Å²) in [6.45, 7) is 1.71. The highest BCUT2D eigenvalue weighted by molar-refractivity contribution is 7.89. The lowest BCUT2D eigenvalue weighted by Gasteiger charge is -2.42. The predicted molar refractivity (Wildman–Crippen MR) is 165 cm³/mol. The number of nitrogens with zero attached hydrogens (tertiary/aromatic N) is 3. The molecule has 2 saturated heterocycles. The second-order valence-electron chi connectivity index (χ2n) is 12.4. The lowest BCUT2D eigenvalue weighted by molar-refractivity contribution is -0.138. The van der Waals surface area contributed by atoms with Crippen molar-refractivity contribution in [2.75, 3.05) is 32.7 Å². The van der Waals surface area contributed by atoms with Gasteiger partial charge in [-0.05, 0) is 91.3 Å². The number of piperazine rings is 1. The van der Waals surface area contributed by atoms with Crippen molar-refractivity contribution < 1.29 is 31.1 Å². The Morgan fingerprint density at radius 1 is 0.867 bits per heavy atom. The SMILES string of the molecule is NC1CCN(C(=O)C2CN(Cc3ccc(C(F)(F)F)cc3)CCN2S(=O)(=O)c2ccc3cc(OC4CCCC4)ccc3c2)CC1. The molecule has 3 aromatic carbocycles. The van der Waals surface area contributed by atoms with Gasteiger partial charge in [0.05, 0.1) is 16.6 Å². The van der Waals surface area contributed by atoms with Gasteiger partial charge >= 0.3 is 6.18 Å². The van der Waals surface area contributed by atoms with Gasteiger partial charge in [0.2, 0.25) is 15.9 Å². The van der Waals surface area contributed by atoms with Crippen LogP contribution in [0, 0.1) is 0 Å². The number of carbonyl (C=O) groups is 1. The molecule has 1 unspecified atom stereocenters. The third-order valence-corrected chi connectivity index (χ3v) is 11.1. The zero-order valence-electron chi connectivity index (χ0n) is 25.1. The number of hydrogen-bond donors (Lipinski definition) is 1. The van der Waals surface area contributed by atoms with Gasteiger partial charge in [-0.3, -0.25) is 9.69 Å². The topological polar surface area (TPSA) is 96.2 Å². The van der Waals surface area contributed by atoms with Gasteiger partial charge in [0.25, 0.3) is 0 Å². The van der Waals surface area contributed by atoms with E-state index in [2.05, 4.69) is 0 Å². The Balaban J connectivity index is 1.23. The molecule has 3 aromatic rings. The maximum absolute atomic E-state index is 14.2. The fraction of sp³-hybridized carbons (Fsp3) is 0.485. The van der Waals surface area contributed by atoms with Crippen LogP contribution >= 0.6 is 0 Å². The number of amides is 1. The summed E-state index contributed by atoms with van der Waals surface area (Å²) < 4.78 is 74.9. The Bertz CT molecular complexity index is 1620. The molecule has 3 fully saturated rings. The fourth-order valence-corrected chi connectivity index (χ4v) is 8.21. The average Bonchev–Trinajstić information content (AvgIpc) is 3.53. The van der Waals surface area contributed by atoms with E-state index in [9.17, 15) is 26.4 Å². The summed E-state index contributed by atoms with van der Waals surface area (Å²) in [5.74, 6) is 0.484. The van der Waals surface area contributed by atoms with Crippen molar-refractivity contribution in [2.24, 2.45) is 5.73 Å². The Morgan fingerprint density at radius 3 is 2.22 bits per heavy atom. The molecular formula is C33H39F3N4O4S. The van der Waals surface area contributed by atoms with E-state index in [1.54, 1.807) is 23.1 Å². The molecule has 12 heteroatoms. The molecule has 45 heavy (non-hydrogen) atoms. The third kappa shape index (κ3) is 7.14. The number of piperidine rings is 1. The molecule has 6 rings (SSSR count). The molecule has 2 N–H and O–H groups in total. The summed E-state index contributed by atoms with van der Waals surface area (Å²) in [6.07, 6.45) is 1.46. The van der Waals surface area contributed by atoms with Crippen molar-refractivity contribution in [3.63, 3.8) is 0 Å². The van der Waals surface area contributed by atoms with Gasteiger partial charge in [-0.15, -0.1) is 0 Å². The normalized spacial score (nSPS) is 21.4. The summed E-state index contributed by atoms with van der Waals surface area (Å²) >= 11 is 0. The summed E-state index contributed by atoms with van der Waals surface area (Å²) in [5.41, 5.74) is 5.98. The number of halogens is 3.